The monoisotopic (exact) mass is 332 g/mol. The molecule has 0 bridgehead atoms. The van der Waals surface area contributed by atoms with Gasteiger partial charge in [-0.3, -0.25) is 0 Å². The van der Waals surface area contributed by atoms with E-state index in [1.807, 2.05) is 51.1 Å². The van der Waals surface area contributed by atoms with Gasteiger partial charge in [-0.1, -0.05) is 29.8 Å². The van der Waals surface area contributed by atoms with E-state index in [9.17, 15) is 9.90 Å². The molecular weight excluding hydrogens is 316 g/mol. The van der Waals surface area contributed by atoms with Crippen molar-refractivity contribution in [3.63, 3.8) is 0 Å². The Hall–Kier alpha value is -3.28. The first-order valence-corrected chi connectivity index (χ1v) is 7.92. The molecule has 0 radical (unpaired) electrons. The molecule has 3 aromatic heterocycles. The van der Waals surface area contributed by atoms with Gasteiger partial charge in [0.25, 0.3) is 0 Å². The second kappa shape index (κ2) is 5.37. The van der Waals surface area contributed by atoms with Crippen molar-refractivity contribution in [1.29, 1.82) is 0 Å². The van der Waals surface area contributed by atoms with Gasteiger partial charge in [-0.15, -0.1) is 5.10 Å². The molecule has 124 valence electrons. The summed E-state index contributed by atoms with van der Waals surface area (Å²) in [6.45, 7) is 5.85. The van der Waals surface area contributed by atoms with Crippen LogP contribution in [-0.4, -0.2) is 30.7 Å². The Bertz CT molecular complexity index is 1140. The highest BCUT2D eigenvalue weighted by atomic mass is 16.4. The summed E-state index contributed by atoms with van der Waals surface area (Å²) in [4.78, 5) is 20.9. The van der Waals surface area contributed by atoms with E-state index in [4.69, 9.17) is 4.98 Å². The van der Waals surface area contributed by atoms with Gasteiger partial charge in [0.1, 0.15) is 0 Å². The number of carbonyl (C=O) groups is 1. The van der Waals surface area contributed by atoms with Crippen molar-refractivity contribution in [2.24, 2.45) is 0 Å². The van der Waals surface area contributed by atoms with Gasteiger partial charge in [0.05, 0.1) is 11.1 Å². The Labute approximate surface area is 143 Å². The van der Waals surface area contributed by atoms with Crippen molar-refractivity contribution in [2.75, 3.05) is 0 Å². The molecule has 0 aliphatic carbocycles. The van der Waals surface area contributed by atoms with Crippen molar-refractivity contribution >= 4 is 22.6 Å². The molecule has 4 aromatic rings. The summed E-state index contributed by atoms with van der Waals surface area (Å²) in [7, 11) is 0. The minimum Gasteiger partial charge on any atom is -0.477 e. The molecule has 0 fully saturated rings. The molecule has 1 aromatic carbocycles. The molecule has 0 spiro atoms. The number of hydrogen-bond donors (Lipinski definition) is 1. The first-order valence-electron chi connectivity index (χ1n) is 7.92. The van der Waals surface area contributed by atoms with Gasteiger partial charge in [0, 0.05) is 11.3 Å². The van der Waals surface area contributed by atoms with Gasteiger partial charge < -0.3 is 5.11 Å². The van der Waals surface area contributed by atoms with Crippen molar-refractivity contribution in [1.82, 2.24) is 19.6 Å². The minimum atomic E-state index is -1.05. The molecule has 6 nitrogen and oxygen atoms in total. The van der Waals surface area contributed by atoms with Crippen molar-refractivity contribution in [2.45, 2.75) is 20.8 Å². The van der Waals surface area contributed by atoms with E-state index in [-0.39, 0.29) is 5.69 Å². The number of pyridine rings is 1. The summed E-state index contributed by atoms with van der Waals surface area (Å²) < 4.78 is 1.37. The van der Waals surface area contributed by atoms with Crippen LogP contribution in [0.4, 0.5) is 0 Å². The number of hydrogen-bond acceptors (Lipinski definition) is 4. The Kier molecular flexibility index (Phi) is 3.28. The van der Waals surface area contributed by atoms with Crippen LogP contribution in [0.15, 0.2) is 36.4 Å². The minimum absolute atomic E-state index is 0.0654. The lowest BCUT2D eigenvalue weighted by Gasteiger charge is -2.06. The third kappa shape index (κ3) is 2.42. The normalized spacial score (nSPS) is 11.3. The number of benzene rings is 1. The zero-order chi connectivity index (χ0) is 17.7. The van der Waals surface area contributed by atoms with Gasteiger partial charge in [-0.25, -0.2) is 19.3 Å². The zero-order valence-corrected chi connectivity index (χ0v) is 14.1. The average molecular weight is 332 g/mol. The van der Waals surface area contributed by atoms with Gasteiger partial charge in [-0.2, -0.15) is 0 Å². The third-order valence-corrected chi connectivity index (χ3v) is 4.24. The zero-order valence-electron chi connectivity index (χ0n) is 14.1. The lowest BCUT2D eigenvalue weighted by molar-refractivity contribution is 0.0687. The van der Waals surface area contributed by atoms with E-state index in [1.165, 1.54) is 4.52 Å². The van der Waals surface area contributed by atoms with E-state index in [2.05, 4.69) is 10.1 Å². The average Bonchev–Trinajstić information content (AvgIpc) is 2.92. The Morgan fingerprint density at radius 3 is 2.44 bits per heavy atom. The Morgan fingerprint density at radius 1 is 1.04 bits per heavy atom. The number of nitrogens with zero attached hydrogens (tertiary/aromatic N) is 4. The highest BCUT2D eigenvalue weighted by Gasteiger charge is 2.19. The van der Waals surface area contributed by atoms with Crippen LogP contribution >= 0.6 is 0 Å². The topological polar surface area (TPSA) is 80.4 Å². The van der Waals surface area contributed by atoms with Gasteiger partial charge in [0.2, 0.25) is 0 Å². The second-order valence-electron chi connectivity index (χ2n) is 6.21. The summed E-state index contributed by atoms with van der Waals surface area (Å²) in [6.07, 6.45) is 0. The van der Waals surface area contributed by atoms with Crippen LogP contribution in [0.2, 0.25) is 0 Å². The summed E-state index contributed by atoms with van der Waals surface area (Å²) >= 11 is 0. The predicted molar refractivity (Wildman–Crippen MR) is 94.9 cm³/mol. The molecule has 0 atom stereocenters. The number of aryl methyl sites for hydroxylation is 3. The van der Waals surface area contributed by atoms with E-state index >= 15 is 0 Å². The molecule has 1 N–H and O–H groups in total. The number of fused-ring (bicyclic) bond motifs is 3. The SMILES string of the molecule is Cc1ccc(-c2cc(C(=O)O)n3nc4nc(C)cc(C)c4c3n2)cc1. The number of carboxylic acid groups (broad SMARTS) is 1. The number of aromatic carboxylic acids is 1. The van der Waals surface area contributed by atoms with Crippen molar-refractivity contribution < 1.29 is 9.90 Å². The fourth-order valence-electron chi connectivity index (χ4n) is 3.05. The largest absolute Gasteiger partial charge is 0.477 e. The van der Waals surface area contributed by atoms with E-state index < -0.39 is 5.97 Å². The van der Waals surface area contributed by atoms with Gasteiger partial charge in [0.15, 0.2) is 17.0 Å². The predicted octanol–water partition coefficient (Wildman–Crippen LogP) is 3.57. The molecule has 25 heavy (non-hydrogen) atoms. The van der Waals surface area contributed by atoms with Crippen LogP contribution in [0.1, 0.15) is 27.3 Å². The number of aromatic nitrogens is 4. The highest BCUT2D eigenvalue weighted by Crippen LogP contribution is 2.26. The maximum atomic E-state index is 11.8. The van der Waals surface area contributed by atoms with Crippen molar-refractivity contribution in [3.05, 3.63) is 58.9 Å². The lowest BCUT2D eigenvalue weighted by atomic mass is 10.1. The quantitative estimate of drug-likeness (QED) is 0.607. The summed E-state index contributed by atoms with van der Waals surface area (Å²) in [5, 5.41) is 14.8. The second-order valence-corrected chi connectivity index (χ2v) is 6.21. The molecule has 0 saturated carbocycles. The molecule has 6 heteroatoms. The third-order valence-electron chi connectivity index (χ3n) is 4.24. The fourth-order valence-corrected chi connectivity index (χ4v) is 3.05. The van der Waals surface area contributed by atoms with Crippen LogP contribution in [0.25, 0.3) is 27.9 Å². The fraction of sp³-hybridized carbons (Fsp3) is 0.158. The molecule has 0 aliphatic heterocycles. The van der Waals surface area contributed by atoms with Crippen LogP contribution in [0.5, 0.6) is 0 Å². The van der Waals surface area contributed by atoms with Crippen molar-refractivity contribution in [3.8, 4) is 11.3 Å². The number of carboxylic acids is 1. The molecule has 0 aliphatic rings. The smallest absolute Gasteiger partial charge is 0.354 e. The van der Waals surface area contributed by atoms with Gasteiger partial charge >= 0.3 is 5.97 Å². The van der Waals surface area contributed by atoms with Crippen LogP contribution in [0.3, 0.4) is 0 Å². The summed E-state index contributed by atoms with van der Waals surface area (Å²) in [5.41, 5.74) is 5.49. The molecule has 0 amide bonds. The first kappa shape index (κ1) is 15.3. The van der Waals surface area contributed by atoms with Crippen LogP contribution < -0.4 is 0 Å². The van der Waals surface area contributed by atoms with Crippen LogP contribution in [0, 0.1) is 20.8 Å². The molecule has 3 heterocycles. The number of rotatable bonds is 2. The summed E-state index contributed by atoms with van der Waals surface area (Å²) in [6, 6.07) is 11.3. The van der Waals surface area contributed by atoms with E-state index in [0.717, 1.165) is 27.8 Å². The Balaban J connectivity index is 2.11. The van der Waals surface area contributed by atoms with Gasteiger partial charge in [-0.05, 0) is 38.5 Å². The molecule has 0 saturated heterocycles. The molecule has 0 unspecified atom stereocenters. The van der Waals surface area contributed by atoms with E-state index in [1.54, 1.807) is 6.07 Å². The maximum absolute atomic E-state index is 11.8. The molecule has 4 rings (SSSR count). The van der Waals surface area contributed by atoms with Crippen LogP contribution in [-0.2, 0) is 0 Å². The highest BCUT2D eigenvalue weighted by molar-refractivity contribution is 5.96. The maximum Gasteiger partial charge on any atom is 0.354 e. The Morgan fingerprint density at radius 2 is 1.76 bits per heavy atom. The summed E-state index contributed by atoms with van der Waals surface area (Å²) in [5.74, 6) is -1.05. The first-order chi connectivity index (χ1) is 11.9. The lowest BCUT2D eigenvalue weighted by Crippen LogP contribution is -2.08. The standard InChI is InChI=1S/C19H16N4O2/c1-10-4-6-13(7-5-10)14-9-15(19(24)25)23-18(21-14)16-11(2)8-12(3)20-17(16)22-23/h4-9H,1-3H3,(H,24,25). The van der Waals surface area contributed by atoms with E-state index in [0.29, 0.717) is 17.0 Å². The molecular formula is C19H16N4O2.